The molecule has 7 nitrogen and oxygen atoms in total. The van der Waals surface area contributed by atoms with Crippen molar-refractivity contribution in [2.24, 2.45) is 7.05 Å². The zero-order valence-corrected chi connectivity index (χ0v) is 22.0. The van der Waals surface area contributed by atoms with Crippen molar-refractivity contribution in [2.75, 3.05) is 26.2 Å². The maximum absolute atomic E-state index is 13.5. The first-order chi connectivity index (χ1) is 19.1. The van der Waals surface area contributed by atoms with Gasteiger partial charge < -0.3 is 24.2 Å². The summed E-state index contributed by atoms with van der Waals surface area (Å²) in [5.41, 5.74) is 2.89. The van der Waals surface area contributed by atoms with Gasteiger partial charge in [-0.15, -0.1) is 0 Å². The highest BCUT2D eigenvalue weighted by molar-refractivity contribution is 5.82. The molecule has 3 aromatic carbocycles. The van der Waals surface area contributed by atoms with E-state index in [0.717, 1.165) is 45.6 Å². The third-order valence-corrected chi connectivity index (χ3v) is 7.96. The quantitative estimate of drug-likeness (QED) is 0.355. The molecular formula is C30H29F3N4O3. The maximum atomic E-state index is 13.5. The molecule has 1 saturated heterocycles. The lowest BCUT2D eigenvalue weighted by molar-refractivity contribution is -0.137. The second-order valence-electron chi connectivity index (χ2n) is 10.5. The standard InChI is InChI=1S/C30H29F3N4O3/c1-35-19-34-25-7-5-21(16-26(25)35)20-6-8-27-22(15-20)18-37(13-14-40-27)28(38)36-11-9-29(39,10-12-36)23-3-2-4-24(17-23)30(31,32)33/h2-8,15-17,19,39H,9-14,18H2,1H3. The Morgan fingerprint density at radius 3 is 2.50 bits per heavy atom. The summed E-state index contributed by atoms with van der Waals surface area (Å²) in [6.45, 7) is 1.59. The van der Waals surface area contributed by atoms with Crippen LogP contribution in [0.1, 0.15) is 29.5 Å². The molecule has 1 aromatic heterocycles. The Balaban J connectivity index is 1.17. The van der Waals surface area contributed by atoms with Gasteiger partial charge in [0.2, 0.25) is 0 Å². The minimum absolute atomic E-state index is 0.154. The number of piperidine rings is 1. The molecule has 2 aliphatic heterocycles. The van der Waals surface area contributed by atoms with Crippen LogP contribution in [0.2, 0.25) is 0 Å². The zero-order valence-electron chi connectivity index (χ0n) is 22.0. The number of benzene rings is 3. The number of rotatable bonds is 2. The van der Waals surface area contributed by atoms with Gasteiger partial charge in [-0.2, -0.15) is 13.2 Å². The number of hydrogen-bond donors (Lipinski definition) is 1. The Bertz CT molecular complexity index is 1570. The number of alkyl halides is 3. The molecule has 0 unspecified atom stereocenters. The summed E-state index contributed by atoms with van der Waals surface area (Å²) in [5.74, 6) is 0.734. The molecule has 208 valence electrons. The van der Waals surface area contributed by atoms with Crippen molar-refractivity contribution in [1.29, 1.82) is 0 Å². The molecule has 2 amide bonds. The van der Waals surface area contributed by atoms with Crippen LogP contribution in [0.5, 0.6) is 5.75 Å². The molecule has 1 N–H and O–H groups in total. The van der Waals surface area contributed by atoms with Gasteiger partial charge in [0.25, 0.3) is 0 Å². The second-order valence-corrected chi connectivity index (χ2v) is 10.5. The van der Waals surface area contributed by atoms with Gasteiger partial charge in [-0.05, 0) is 65.9 Å². The highest BCUT2D eigenvalue weighted by Gasteiger charge is 2.39. The number of aromatic nitrogens is 2. The number of carbonyl (C=O) groups excluding carboxylic acids is 1. The summed E-state index contributed by atoms with van der Waals surface area (Å²) in [6, 6.07) is 16.7. The van der Waals surface area contributed by atoms with Crippen LogP contribution < -0.4 is 4.74 Å². The van der Waals surface area contributed by atoms with Gasteiger partial charge in [-0.25, -0.2) is 9.78 Å². The fourth-order valence-corrected chi connectivity index (χ4v) is 5.58. The summed E-state index contributed by atoms with van der Waals surface area (Å²) in [5, 5.41) is 11.2. The Morgan fingerprint density at radius 2 is 1.73 bits per heavy atom. The van der Waals surface area contributed by atoms with E-state index in [1.165, 1.54) is 12.1 Å². The number of fused-ring (bicyclic) bond motifs is 2. The lowest BCUT2D eigenvalue weighted by Crippen LogP contribution is -2.50. The van der Waals surface area contributed by atoms with Gasteiger partial charge in [-0.3, -0.25) is 0 Å². The number of amides is 2. The summed E-state index contributed by atoms with van der Waals surface area (Å²) in [7, 11) is 1.95. The molecule has 3 heterocycles. The number of likely N-dealkylation sites (tertiary alicyclic amines) is 1. The fraction of sp³-hybridized carbons (Fsp3) is 0.333. The van der Waals surface area contributed by atoms with Crippen molar-refractivity contribution < 1.29 is 27.8 Å². The van der Waals surface area contributed by atoms with E-state index in [9.17, 15) is 23.1 Å². The van der Waals surface area contributed by atoms with E-state index >= 15 is 0 Å². The third-order valence-electron chi connectivity index (χ3n) is 7.96. The van der Waals surface area contributed by atoms with E-state index in [0.29, 0.717) is 19.7 Å². The highest BCUT2D eigenvalue weighted by Crippen LogP contribution is 2.37. The molecule has 0 spiro atoms. The van der Waals surface area contributed by atoms with Crippen LogP contribution in [0.4, 0.5) is 18.0 Å². The molecule has 0 bridgehead atoms. The van der Waals surface area contributed by atoms with E-state index < -0.39 is 17.3 Å². The van der Waals surface area contributed by atoms with Crippen molar-refractivity contribution in [3.8, 4) is 16.9 Å². The average Bonchev–Trinajstić information content (AvgIpc) is 3.18. The van der Waals surface area contributed by atoms with Gasteiger partial charge in [0.15, 0.2) is 0 Å². The Hall–Kier alpha value is -4.05. The molecule has 0 saturated carbocycles. The van der Waals surface area contributed by atoms with E-state index in [1.807, 2.05) is 41.9 Å². The predicted octanol–water partition coefficient (Wildman–Crippen LogP) is 5.56. The summed E-state index contributed by atoms with van der Waals surface area (Å²) >= 11 is 0. The van der Waals surface area contributed by atoms with Gasteiger partial charge in [0, 0.05) is 25.7 Å². The highest BCUT2D eigenvalue weighted by atomic mass is 19.4. The van der Waals surface area contributed by atoms with E-state index in [2.05, 4.69) is 11.1 Å². The van der Waals surface area contributed by atoms with Gasteiger partial charge in [0.1, 0.15) is 12.4 Å². The third kappa shape index (κ3) is 4.88. The van der Waals surface area contributed by atoms with Crippen molar-refractivity contribution in [1.82, 2.24) is 19.4 Å². The molecule has 0 radical (unpaired) electrons. The molecular weight excluding hydrogens is 521 g/mol. The molecule has 40 heavy (non-hydrogen) atoms. The molecule has 0 atom stereocenters. The van der Waals surface area contributed by atoms with E-state index in [1.54, 1.807) is 16.1 Å². The fourth-order valence-electron chi connectivity index (χ4n) is 5.58. The smallest absolute Gasteiger partial charge is 0.416 e. The van der Waals surface area contributed by atoms with Crippen LogP contribution in [0.3, 0.4) is 0 Å². The number of aryl methyl sites for hydroxylation is 1. The van der Waals surface area contributed by atoms with Gasteiger partial charge >= 0.3 is 12.2 Å². The number of urea groups is 1. The van der Waals surface area contributed by atoms with Crippen molar-refractivity contribution in [3.05, 3.63) is 83.7 Å². The molecule has 10 heteroatoms. The number of hydrogen-bond acceptors (Lipinski definition) is 4. The van der Waals surface area contributed by atoms with Crippen LogP contribution in [0.15, 0.2) is 67.0 Å². The molecule has 4 aromatic rings. The number of aliphatic hydroxyl groups is 1. The number of halogens is 3. The van der Waals surface area contributed by atoms with Crippen molar-refractivity contribution >= 4 is 17.1 Å². The topological polar surface area (TPSA) is 70.8 Å². The SMILES string of the molecule is Cn1cnc2ccc(-c3ccc4c(c3)CN(C(=O)N3CCC(O)(c5cccc(C(F)(F)F)c5)CC3)CCO4)cc21. The average molecular weight is 551 g/mol. The summed E-state index contributed by atoms with van der Waals surface area (Å²) < 4.78 is 47.5. The Labute approximate surface area is 229 Å². The minimum atomic E-state index is -4.49. The number of carbonyl (C=O) groups is 1. The zero-order chi connectivity index (χ0) is 28.1. The minimum Gasteiger partial charge on any atom is -0.491 e. The summed E-state index contributed by atoms with van der Waals surface area (Å²) in [4.78, 5) is 21.3. The number of nitrogens with zero attached hydrogens (tertiary/aromatic N) is 4. The van der Waals surface area contributed by atoms with Crippen molar-refractivity contribution in [3.63, 3.8) is 0 Å². The molecule has 0 aliphatic carbocycles. The maximum Gasteiger partial charge on any atom is 0.416 e. The van der Waals surface area contributed by atoms with Crippen LogP contribution in [0.25, 0.3) is 22.2 Å². The van der Waals surface area contributed by atoms with E-state index in [4.69, 9.17) is 4.74 Å². The van der Waals surface area contributed by atoms with Crippen LogP contribution in [-0.2, 0) is 25.4 Å². The molecule has 6 rings (SSSR count). The largest absolute Gasteiger partial charge is 0.491 e. The molecule has 2 aliphatic rings. The van der Waals surface area contributed by atoms with Crippen LogP contribution in [0, 0.1) is 0 Å². The van der Waals surface area contributed by atoms with Gasteiger partial charge in [0.05, 0.1) is 41.6 Å². The monoisotopic (exact) mass is 550 g/mol. The summed E-state index contributed by atoms with van der Waals surface area (Å²) in [6.07, 6.45) is -2.40. The first-order valence-electron chi connectivity index (χ1n) is 13.2. The predicted molar refractivity (Wildman–Crippen MR) is 144 cm³/mol. The first-order valence-corrected chi connectivity index (χ1v) is 13.2. The Morgan fingerprint density at radius 1 is 0.975 bits per heavy atom. The number of ether oxygens (including phenoxy) is 1. The molecule has 1 fully saturated rings. The second kappa shape index (κ2) is 9.85. The number of imidazole rings is 1. The lowest BCUT2D eigenvalue weighted by Gasteiger charge is -2.40. The lowest BCUT2D eigenvalue weighted by atomic mass is 9.84. The van der Waals surface area contributed by atoms with E-state index in [-0.39, 0.29) is 37.5 Å². The van der Waals surface area contributed by atoms with Gasteiger partial charge in [-0.1, -0.05) is 24.3 Å². The normalized spacial score (nSPS) is 17.3. The van der Waals surface area contributed by atoms with Crippen molar-refractivity contribution in [2.45, 2.75) is 31.2 Å². The first kappa shape index (κ1) is 26.2. The Kier molecular flexibility index (Phi) is 6.45. The van der Waals surface area contributed by atoms with Crippen LogP contribution in [-0.4, -0.2) is 56.7 Å². The van der Waals surface area contributed by atoms with Crippen LogP contribution >= 0.6 is 0 Å².